The second-order valence-corrected chi connectivity index (χ2v) is 6.71. The normalized spacial score (nSPS) is 13.4. The zero-order valence-electron chi connectivity index (χ0n) is 15.7. The zero-order valence-corrected chi connectivity index (χ0v) is 16.5. The molecule has 0 aliphatic rings. The van der Waals surface area contributed by atoms with Crippen LogP contribution >= 0.6 is 12.4 Å². The van der Waals surface area contributed by atoms with Gasteiger partial charge in [-0.3, -0.25) is 4.79 Å². The summed E-state index contributed by atoms with van der Waals surface area (Å²) >= 11 is 0. The molecular formula is C19H32ClNO3. The highest BCUT2D eigenvalue weighted by atomic mass is 35.5. The Kier molecular flexibility index (Phi) is 10.0. The van der Waals surface area contributed by atoms with Crippen LogP contribution in [0.15, 0.2) is 18.2 Å². The van der Waals surface area contributed by atoms with Crippen LogP contribution in [0.1, 0.15) is 70.9 Å². The van der Waals surface area contributed by atoms with Crippen molar-refractivity contribution >= 4 is 18.4 Å². The molecule has 2 atom stereocenters. The van der Waals surface area contributed by atoms with Crippen molar-refractivity contribution in [1.29, 1.82) is 0 Å². The van der Waals surface area contributed by atoms with E-state index in [2.05, 4.69) is 39.8 Å². The number of carbonyl (C=O) groups is 1. The molecule has 1 rings (SSSR count). The van der Waals surface area contributed by atoms with Crippen LogP contribution in [0.3, 0.4) is 0 Å². The fourth-order valence-electron chi connectivity index (χ4n) is 2.38. The summed E-state index contributed by atoms with van der Waals surface area (Å²) in [7, 11) is 0. The summed E-state index contributed by atoms with van der Waals surface area (Å²) in [4.78, 5) is 11.9. The molecule has 0 saturated carbocycles. The molecule has 2 unspecified atom stereocenters. The first-order valence-electron chi connectivity index (χ1n) is 8.47. The molecule has 1 aromatic rings. The van der Waals surface area contributed by atoms with E-state index in [-0.39, 0.29) is 25.1 Å². The fraction of sp³-hybridized carbons (Fsp3) is 0.632. The van der Waals surface area contributed by atoms with E-state index < -0.39 is 12.0 Å². The summed E-state index contributed by atoms with van der Waals surface area (Å²) in [6.45, 7) is 12.3. The summed E-state index contributed by atoms with van der Waals surface area (Å²) in [5.74, 6) is 1.18. The third-order valence-electron chi connectivity index (χ3n) is 4.25. The van der Waals surface area contributed by atoms with E-state index >= 15 is 0 Å². The van der Waals surface area contributed by atoms with E-state index in [9.17, 15) is 4.79 Å². The van der Waals surface area contributed by atoms with Gasteiger partial charge < -0.3 is 15.2 Å². The average molecular weight is 358 g/mol. The molecule has 1 aromatic carbocycles. The van der Waals surface area contributed by atoms with Crippen LogP contribution < -0.4 is 10.5 Å². The van der Waals surface area contributed by atoms with Crippen molar-refractivity contribution < 1.29 is 14.3 Å². The van der Waals surface area contributed by atoms with Crippen LogP contribution in [-0.4, -0.2) is 18.8 Å². The Balaban J connectivity index is 0.00000529. The maximum atomic E-state index is 11.9. The predicted octanol–water partition coefficient (Wildman–Crippen LogP) is 4.61. The molecule has 138 valence electrons. The molecule has 0 aliphatic carbocycles. The highest BCUT2D eigenvalue weighted by Gasteiger charge is 2.21. The van der Waals surface area contributed by atoms with E-state index in [0.29, 0.717) is 11.8 Å². The number of nitrogens with two attached hydrogens (primary N) is 1. The van der Waals surface area contributed by atoms with Crippen molar-refractivity contribution in [3.63, 3.8) is 0 Å². The van der Waals surface area contributed by atoms with Gasteiger partial charge in [0.15, 0.2) is 0 Å². The van der Waals surface area contributed by atoms with E-state index in [1.165, 1.54) is 0 Å². The van der Waals surface area contributed by atoms with Gasteiger partial charge in [0.05, 0.1) is 0 Å². The van der Waals surface area contributed by atoms with Gasteiger partial charge in [-0.2, -0.15) is 0 Å². The van der Waals surface area contributed by atoms with E-state index in [1.807, 2.05) is 19.9 Å². The quantitative estimate of drug-likeness (QED) is 0.545. The topological polar surface area (TPSA) is 61.6 Å². The second-order valence-electron chi connectivity index (χ2n) is 6.71. The Bertz CT molecular complexity index is 491. The number of rotatable bonds is 8. The summed E-state index contributed by atoms with van der Waals surface area (Å²) < 4.78 is 11.0. The van der Waals surface area contributed by atoms with Crippen molar-refractivity contribution in [2.45, 2.75) is 65.8 Å². The minimum absolute atomic E-state index is 0. The molecule has 0 aromatic heterocycles. The van der Waals surface area contributed by atoms with Crippen molar-refractivity contribution in [1.82, 2.24) is 0 Å². The number of hydrogen-bond acceptors (Lipinski definition) is 4. The highest BCUT2D eigenvalue weighted by Crippen LogP contribution is 2.34. The Hall–Kier alpha value is -1.26. The smallest absolute Gasteiger partial charge is 0.326 e. The van der Waals surface area contributed by atoms with Crippen LogP contribution in [0, 0.1) is 5.92 Å². The number of para-hydroxylation sites is 1. The molecule has 24 heavy (non-hydrogen) atoms. The largest absolute Gasteiger partial charge is 0.457 e. The maximum absolute atomic E-state index is 11.9. The van der Waals surface area contributed by atoms with Gasteiger partial charge in [-0.25, -0.2) is 0 Å². The first-order chi connectivity index (χ1) is 10.8. The summed E-state index contributed by atoms with van der Waals surface area (Å²) in [6.07, 6.45) is 0.838. The van der Waals surface area contributed by atoms with E-state index in [0.717, 1.165) is 23.3 Å². The molecule has 0 fully saturated rings. The number of halogens is 1. The minimum Gasteiger partial charge on any atom is -0.457 e. The molecule has 5 heteroatoms. The van der Waals surface area contributed by atoms with Crippen LogP contribution in [0.5, 0.6) is 5.75 Å². The highest BCUT2D eigenvalue weighted by molar-refractivity contribution is 5.85. The molecule has 2 N–H and O–H groups in total. The van der Waals surface area contributed by atoms with Gasteiger partial charge in [0.2, 0.25) is 6.79 Å². The molecule has 0 bridgehead atoms. The molecule has 0 radical (unpaired) electrons. The standard InChI is InChI=1S/C19H31NO3.ClH/c1-7-14(6)17(20)19(21)23-11-22-18-15(12(2)3)9-8-10-16(18)13(4)5;/h8-10,12-14,17H,7,11,20H2,1-6H3;1H. The summed E-state index contributed by atoms with van der Waals surface area (Å²) in [6, 6.07) is 5.55. The first kappa shape index (κ1) is 22.7. The van der Waals surface area contributed by atoms with Crippen molar-refractivity contribution in [2.75, 3.05) is 6.79 Å². The lowest BCUT2D eigenvalue weighted by Gasteiger charge is -2.21. The van der Waals surface area contributed by atoms with Crippen LogP contribution in [0.4, 0.5) is 0 Å². The van der Waals surface area contributed by atoms with Gasteiger partial charge in [-0.1, -0.05) is 66.2 Å². The molecule has 0 saturated heterocycles. The third-order valence-corrected chi connectivity index (χ3v) is 4.25. The number of benzene rings is 1. The van der Waals surface area contributed by atoms with Crippen LogP contribution in [0.2, 0.25) is 0 Å². The number of esters is 1. The number of hydrogen-bond donors (Lipinski definition) is 1. The molecule has 0 aliphatic heterocycles. The third kappa shape index (κ3) is 5.99. The zero-order chi connectivity index (χ0) is 17.6. The van der Waals surface area contributed by atoms with Gasteiger partial charge in [0, 0.05) is 0 Å². The maximum Gasteiger partial charge on any atom is 0.326 e. The van der Waals surface area contributed by atoms with Gasteiger partial charge >= 0.3 is 5.97 Å². The Morgan fingerprint density at radius 1 is 1.08 bits per heavy atom. The monoisotopic (exact) mass is 357 g/mol. The van der Waals surface area contributed by atoms with Crippen LogP contribution in [0.25, 0.3) is 0 Å². The predicted molar refractivity (Wildman–Crippen MR) is 101 cm³/mol. The number of carbonyl (C=O) groups excluding carboxylic acids is 1. The fourth-order valence-corrected chi connectivity index (χ4v) is 2.38. The van der Waals surface area contributed by atoms with Crippen molar-refractivity contribution in [3.8, 4) is 5.75 Å². The Morgan fingerprint density at radius 3 is 2.00 bits per heavy atom. The minimum atomic E-state index is -0.603. The lowest BCUT2D eigenvalue weighted by atomic mass is 9.94. The molecule has 4 nitrogen and oxygen atoms in total. The summed E-state index contributed by atoms with van der Waals surface area (Å²) in [5, 5.41) is 0. The van der Waals surface area contributed by atoms with Crippen LogP contribution in [-0.2, 0) is 9.53 Å². The van der Waals surface area contributed by atoms with Crippen molar-refractivity contribution in [2.24, 2.45) is 11.7 Å². The van der Waals surface area contributed by atoms with Gasteiger partial charge in [-0.15, -0.1) is 12.4 Å². The average Bonchev–Trinajstić information content (AvgIpc) is 2.52. The first-order valence-corrected chi connectivity index (χ1v) is 8.47. The second kappa shape index (κ2) is 10.6. The van der Waals surface area contributed by atoms with Gasteiger partial charge in [0.1, 0.15) is 11.8 Å². The number of ether oxygens (including phenoxy) is 2. The molecule has 0 heterocycles. The summed E-state index contributed by atoms with van der Waals surface area (Å²) in [5.41, 5.74) is 8.12. The van der Waals surface area contributed by atoms with Gasteiger partial charge in [-0.05, 0) is 28.9 Å². The molecular weight excluding hydrogens is 326 g/mol. The van der Waals surface area contributed by atoms with E-state index in [1.54, 1.807) is 0 Å². The Labute approximate surface area is 152 Å². The SMILES string of the molecule is CCC(C)C(N)C(=O)OCOc1c(C(C)C)cccc1C(C)C.Cl. The van der Waals surface area contributed by atoms with Crippen molar-refractivity contribution in [3.05, 3.63) is 29.3 Å². The van der Waals surface area contributed by atoms with Gasteiger partial charge in [0.25, 0.3) is 0 Å². The lowest BCUT2D eigenvalue weighted by Crippen LogP contribution is -2.38. The molecule has 0 amide bonds. The Morgan fingerprint density at radius 2 is 1.58 bits per heavy atom. The lowest BCUT2D eigenvalue weighted by molar-refractivity contribution is -0.153. The molecule has 0 spiro atoms. The van der Waals surface area contributed by atoms with E-state index in [4.69, 9.17) is 15.2 Å².